The van der Waals surface area contributed by atoms with Gasteiger partial charge in [0, 0.05) is 13.7 Å². The first-order chi connectivity index (χ1) is 8.27. The normalized spacial score (nSPS) is 20.7. The van der Waals surface area contributed by atoms with Crippen molar-refractivity contribution in [2.75, 3.05) is 13.7 Å². The molecule has 0 bridgehead atoms. The number of nitrogens with zero attached hydrogens (tertiary/aromatic N) is 1. The van der Waals surface area contributed by atoms with Gasteiger partial charge in [-0.1, -0.05) is 36.0 Å². The highest BCUT2D eigenvalue weighted by atomic mass is 28.2. The number of hydrogen-bond acceptors (Lipinski definition) is 2. The van der Waals surface area contributed by atoms with Crippen LogP contribution in [0.2, 0.25) is 0 Å². The quantitative estimate of drug-likeness (QED) is 0.539. The summed E-state index contributed by atoms with van der Waals surface area (Å²) in [6.45, 7) is 3.05. The smallest absolute Gasteiger partial charge is 0.145 e. The van der Waals surface area contributed by atoms with Crippen molar-refractivity contribution in [2.24, 2.45) is 4.99 Å². The van der Waals surface area contributed by atoms with Crippen molar-refractivity contribution >= 4 is 16.2 Å². The van der Waals surface area contributed by atoms with E-state index in [1.54, 1.807) is 0 Å². The maximum Gasteiger partial charge on any atom is 0.145 e. The molecule has 17 heavy (non-hydrogen) atoms. The van der Waals surface area contributed by atoms with Crippen molar-refractivity contribution in [3.63, 3.8) is 0 Å². The Morgan fingerprint density at radius 1 is 1.41 bits per heavy atom. The Balaban J connectivity index is 2.59. The monoisotopic (exact) mass is 247 g/mol. The summed E-state index contributed by atoms with van der Waals surface area (Å²) in [5.41, 5.74) is 3.60. The molecule has 0 aliphatic heterocycles. The van der Waals surface area contributed by atoms with Crippen LogP contribution in [0.5, 0.6) is 0 Å². The van der Waals surface area contributed by atoms with Gasteiger partial charge in [0.2, 0.25) is 0 Å². The van der Waals surface area contributed by atoms with E-state index in [0.717, 1.165) is 35.6 Å². The zero-order chi connectivity index (χ0) is 12.5. The minimum Gasteiger partial charge on any atom is -0.428 e. The second kappa shape index (κ2) is 7.98. The van der Waals surface area contributed by atoms with Gasteiger partial charge >= 0.3 is 0 Å². The van der Waals surface area contributed by atoms with Crippen LogP contribution in [-0.2, 0) is 4.43 Å². The van der Waals surface area contributed by atoms with Gasteiger partial charge < -0.3 is 4.43 Å². The summed E-state index contributed by atoms with van der Waals surface area (Å²) in [6, 6.07) is 0. The standard InChI is InChI=1S/C14H21NOSi/c1-12(6-5-11-16-17)9-10-13-7-3-4-8-14(13)15-2/h3-4,7-10H,5-6,11H2,1-2,17H3/b12-9+,13-10-,15-14+. The molecule has 92 valence electrons. The van der Waals surface area contributed by atoms with E-state index in [1.807, 2.05) is 25.3 Å². The van der Waals surface area contributed by atoms with Crippen LogP contribution in [-0.4, -0.2) is 29.9 Å². The minimum absolute atomic E-state index is 0.841. The van der Waals surface area contributed by atoms with Gasteiger partial charge in [0.05, 0.1) is 5.71 Å². The lowest BCUT2D eigenvalue weighted by Gasteiger charge is -2.05. The summed E-state index contributed by atoms with van der Waals surface area (Å²) in [6.07, 6.45) is 14.7. The molecule has 0 unspecified atom stereocenters. The SMILES string of the molecule is C\N=C1/C=CC=C/C1=C/C=C(\C)CCCO[SiH3]. The molecule has 0 heterocycles. The predicted octanol–water partition coefficient (Wildman–Crippen LogP) is 2.13. The van der Waals surface area contributed by atoms with Crippen molar-refractivity contribution in [2.45, 2.75) is 19.8 Å². The Bertz CT molecular complexity index is 389. The molecule has 0 saturated carbocycles. The van der Waals surface area contributed by atoms with Gasteiger partial charge in [-0.2, -0.15) is 0 Å². The minimum atomic E-state index is 0.841. The first kappa shape index (κ1) is 13.9. The van der Waals surface area contributed by atoms with E-state index in [1.165, 1.54) is 11.1 Å². The van der Waals surface area contributed by atoms with Gasteiger partial charge in [0.15, 0.2) is 0 Å². The van der Waals surface area contributed by atoms with Crippen LogP contribution < -0.4 is 0 Å². The Morgan fingerprint density at radius 2 is 2.18 bits per heavy atom. The number of aliphatic imine (C=N–C) groups is 1. The molecule has 0 aromatic rings. The predicted molar refractivity (Wildman–Crippen MR) is 78.6 cm³/mol. The summed E-state index contributed by atoms with van der Waals surface area (Å²) >= 11 is 0. The Labute approximate surface area is 107 Å². The fourth-order valence-corrected chi connectivity index (χ4v) is 1.93. The Hall–Kier alpha value is -1.19. The molecular formula is C14H21NOSi. The van der Waals surface area contributed by atoms with Crippen molar-refractivity contribution in [1.29, 1.82) is 0 Å². The van der Waals surface area contributed by atoms with Gasteiger partial charge in [-0.25, -0.2) is 0 Å². The first-order valence-electron chi connectivity index (χ1n) is 5.96. The molecular weight excluding hydrogens is 226 g/mol. The van der Waals surface area contributed by atoms with Crippen LogP contribution in [0.3, 0.4) is 0 Å². The van der Waals surface area contributed by atoms with Crippen LogP contribution in [0.15, 0.2) is 52.6 Å². The second-order valence-electron chi connectivity index (χ2n) is 4.06. The topological polar surface area (TPSA) is 21.6 Å². The molecule has 0 spiro atoms. The summed E-state index contributed by atoms with van der Waals surface area (Å²) in [5, 5.41) is 0. The molecule has 0 atom stereocenters. The van der Waals surface area contributed by atoms with Crippen molar-refractivity contribution in [1.82, 2.24) is 0 Å². The zero-order valence-corrected chi connectivity index (χ0v) is 12.9. The van der Waals surface area contributed by atoms with Gasteiger partial charge in [-0.15, -0.1) is 0 Å². The lowest BCUT2D eigenvalue weighted by molar-refractivity contribution is 0.341. The van der Waals surface area contributed by atoms with Crippen LogP contribution in [0.25, 0.3) is 0 Å². The molecule has 0 aromatic heterocycles. The fourth-order valence-electron chi connectivity index (χ4n) is 1.64. The molecule has 0 amide bonds. The average Bonchev–Trinajstić information content (AvgIpc) is 2.37. The Morgan fingerprint density at radius 3 is 2.88 bits per heavy atom. The number of hydrogen-bond donors (Lipinski definition) is 0. The van der Waals surface area contributed by atoms with E-state index in [9.17, 15) is 0 Å². The summed E-state index contributed by atoms with van der Waals surface area (Å²) in [5.74, 6) is 0. The molecule has 1 aliphatic rings. The van der Waals surface area contributed by atoms with Gasteiger partial charge in [-0.05, 0) is 31.4 Å². The molecule has 0 saturated heterocycles. The van der Waals surface area contributed by atoms with E-state index in [0.29, 0.717) is 0 Å². The molecule has 0 radical (unpaired) electrons. The van der Waals surface area contributed by atoms with E-state index < -0.39 is 0 Å². The van der Waals surface area contributed by atoms with Gasteiger partial charge in [0.25, 0.3) is 0 Å². The van der Waals surface area contributed by atoms with Crippen molar-refractivity contribution < 1.29 is 4.43 Å². The molecule has 0 fully saturated rings. The molecule has 3 heteroatoms. The zero-order valence-electron chi connectivity index (χ0n) is 10.9. The fraction of sp³-hybridized carbons (Fsp3) is 0.357. The van der Waals surface area contributed by atoms with Crippen molar-refractivity contribution in [3.8, 4) is 0 Å². The van der Waals surface area contributed by atoms with Gasteiger partial charge in [0.1, 0.15) is 10.5 Å². The lowest BCUT2D eigenvalue weighted by atomic mass is 10.0. The van der Waals surface area contributed by atoms with E-state index in [2.05, 4.69) is 30.1 Å². The molecule has 2 nitrogen and oxygen atoms in total. The van der Waals surface area contributed by atoms with Crippen LogP contribution in [0.4, 0.5) is 0 Å². The third-order valence-electron chi connectivity index (χ3n) is 2.64. The van der Waals surface area contributed by atoms with E-state index in [4.69, 9.17) is 4.43 Å². The maximum atomic E-state index is 5.18. The van der Waals surface area contributed by atoms with Crippen LogP contribution in [0.1, 0.15) is 19.8 Å². The highest BCUT2D eigenvalue weighted by Gasteiger charge is 2.00. The summed E-state index contributed by atoms with van der Waals surface area (Å²) < 4.78 is 5.18. The summed E-state index contributed by atoms with van der Waals surface area (Å²) in [7, 11) is 2.67. The highest BCUT2D eigenvalue weighted by molar-refractivity contribution is 6.11. The average molecular weight is 247 g/mol. The van der Waals surface area contributed by atoms with Crippen molar-refractivity contribution in [3.05, 3.63) is 47.6 Å². The third kappa shape index (κ3) is 5.11. The first-order valence-corrected chi connectivity index (χ1v) is 6.78. The van der Waals surface area contributed by atoms with Crippen LogP contribution >= 0.6 is 0 Å². The molecule has 1 rings (SSSR count). The van der Waals surface area contributed by atoms with E-state index in [-0.39, 0.29) is 0 Å². The maximum absolute atomic E-state index is 5.18. The lowest BCUT2D eigenvalue weighted by Crippen LogP contribution is -1.99. The van der Waals surface area contributed by atoms with Gasteiger partial charge in [-0.3, -0.25) is 4.99 Å². The molecule has 0 N–H and O–H groups in total. The highest BCUT2D eigenvalue weighted by Crippen LogP contribution is 2.11. The number of allylic oxidation sites excluding steroid dienone is 8. The second-order valence-corrected chi connectivity index (χ2v) is 4.64. The van der Waals surface area contributed by atoms with Crippen LogP contribution in [0, 0.1) is 0 Å². The molecule has 1 aliphatic carbocycles. The van der Waals surface area contributed by atoms with E-state index >= 15 is 0 Å². The Kier molecular flexibility index (Phi) is 6.51. The third-order valence-corrected chi connectivity index (χ3v) is 3.05. The largest absolute Gasteiger partial charge is 0.428 e. The number of rotatable bonds is 5. The summed E-state index contributed by atoms with van der Waals surface area (Å²) in [4.78, 5) is 4.25. The molecule has 0 aromatic carbocycles.